The zero-order valence-corrected chi connectivity index (χ0v) is 13.3. The Labute approximate surface area is 126 Å². The van der Waals surface area contributed by atoms with E-state index in [1.165, 1.54) is 5.56 Å². The van der Waals surface area contributed by atoms with Crippen molar-refractivity contribution in [1.82, 2.24) is 9.80 Å². The van der Waals surface area contributed by atoms with Crippen LogP contribution in [0.2, 0.25) is 0 Å². The highest BCUT2D eigenvalue weighted by Crippen LogP contribution is 2.20. The molecule has 2 rings (SSSR count). The van der Waals surface area contributed by atoms with Crippen molar-refractivity contribution in [2.75, 3.05) is 13.1 Å². The second kappa shape index (κ2) is 5.88. The summed E-state index contributed by atoms with van der Waals surface area (Å²) in [5.74, 6) is -0.786. The minimum absolute atomic E-state index is 0.338. The van der Waals surface area contributed by atoms with Gasteiger partial charge in [-0.3, -0.25) is 9.59 Å². The number of rotatable bonds is 1. The first-order valence-electron chi connectivity index (χ1n) is 7.52. The Morgan fingerprint density at radius 2 is 1.81 bits per heavy atom. The van der Waals surface area contributed by atoms with Gasteiger partial charge >= 0.3 is 11.8 Å². The molecule has 0 bridgehead atoms. The highest BCUT2D eigenvalue weighted by atomic mass is 16.2. The molecule has 0 aliphatic carbocycles. The van der Waals surface area contributed by atoms with Crippen LogP contribution in [0.15, 0.2) is 24.3 Å². The number of likely N-dealkylation sites (N-methyl/N-ethyl adjacent to an activating group) is 1. The van der Waals surface area contributed by atoms with Gasteiger partial charge in [-0.1, -0.05) is 24.3 Å². The number of hydrogen-bond acceptors (Lipinski definition) is 2. The molecule has 0 saturated carbocycles. The summed E-state index contributed by atoms with van der Waals surface area (Å²) in [5, 5.41) is 0. The lowest BCUT2D eigenvalue weighted by Crippen LogP contribution is -2.53. The van der Waals surface area contributed by atoms with Gasteiger partial charge in [0, 0.05) is 25.2 Å². The van der Waals surface area contributed by atoms with E-state index in [-0.39, 0.29) is 11.4 Å². The second-order valence-corrected chi connectivity index (χ2v) is 6.47. The molecule has 0 radical (unpaired) electrons. The number of carbonyl (C=O) groups is 2. The lowest BCUT2D eigenvalue weighted by Gasteiger charge is -2.36. The summed E-state index contributed by atoms with van der Waals surface area (Å²) in [6.07, 6.45) is 0.816. The first-order valence-corrected chi connectivity index (χ1v) is 7.52. The van der Waals surface area contributed by atoms with E-state index in [1.54, 1.807) is 9.80 Å². The van der Waals surface area contributed by atoms with Crippen molar-refractivity contribution in [3.05, 3.63) is 35.4 Å². The highest BCUT2D eigenvalue weighted by molar-refractivity contribution is 6.35. The van der Waals surface area contributed by atoms with Crippen LogP contribution in [0.25, 0.3) is 0 Å². The average molecular weight is 288 g/mol. The molecule has 0 N–H and O–H groups in total. The van der Waals surface area contributed by atoms with Gasteiger partial charge in [0.15, 0.2) is 0 Å². The van der Waals surface area contributed by atoms with E-state index in [2.05, 4.69) is 6.07 Å². The van der Waals surface area contributed by atoms with E-state index in [0.717, 1.165) is 12.0 Å². The zero-order valence-electron chi connectivity index (χ0n) is 13.3. The predicted molar refractivity (Wildman–Crippen MR) is 82.7 cm³/mol. The Morgan fingerprint density at radius 1 is 1.19 bits per heavy atom. The minimum atomic E-state index is -0.399. The van der Waals surface area contributed by atoms with Crippen LogP contribution in [-0.2, 0) is 22.6 Å². The lowest BCUT2D eigenvalue weighted by molar-refractivity contribution is -0.155. The number of hydrogen-bond donors (Lipinski definition) is 0. The molecule has 0 saturated heterocycles. The molecule has 0 unspecified atom stereocenters. The van der Waals surface area contributed by atoms with Crippen LogP contribution in [0.1, 0.15) is 38.8 Å². The van der Waals surface area contributed by atoms with E-state index in [9.17, 15) is 9.59 Å². The molecule has 1 heterocycles. The van der Waals surface area contributed by atoms with Gasteiger partial charge in [-0.15, -0.1) is 0 Å². The van der Waals surface area contributed by atoms with E-state index in [1.807, 2.05) is 45.9 Å². The Hall–Kier alpha value is -1.84. The van der Waals surface area contributed by atoms with Crippen molar-refractivity contribution in [2.24, 2.45) is 0 Å². The maximum absolute atomic E-state index is 12.5. The molecule has 0 aromatic heterocycles. The van der Waals surface area contributed by atoms with Crippen LogP contribution in [0.5, 0.6) is 0 Å². The average Bonchev–Trinajstić information content (AvgIpc) is 2.45. The molecule has 4 nitrogen and oxygen atoms in total. The molecule has 2 amide bonds. The molecule has 0 atom stereocenters. The molecule has 1 aromatic carbocycles. The largest absolute Gasteiger partial charge is 0.330 e. The van der Waals surface area contributed by atoms with Crippen LogP contribution < -0.4 is 0 Å². The molecule has 21 heavy (non-hydrogen) atoms. The van der Waals surface area contributed by atoms with Gasteiger partial charge in [0.2, 0.25) is 0 Å². The Morgan fingerprint density at radius 3 is 2.38 bits per heavy atom. The smallest absolute Gasteiger partial charge is 0.312 e. The van der Waals surface area contributed by atoms with Gasteiger partial charge in [0.05, 0.1) is 0 Å². The summed E-state index contributed by atoms with van der Waals surface area (Å²) in [4.78, 5) is 28.3. The summed E-state index contributed by atoms with van der Waals surface area (Å²) in [5.41, 5.74) is 2.08. The van der Waals surface area contributed by atoms with Crippen LogP contribution in [0.3, 0.4) is 0 Å². The first-order chi connectivity index (χ1) is 9.84. The number of amides is 2. The summed E-state index contributed by atoms with van der Waals surface area (Å²) in [7, 11) is 0. The molecule has 114 valence electrons. The van der Waals surface area contributed by atoms with E-state index >= 15 is 0 Å². The summed E-state index contributed by atoms with van der Waals surface area (Å²) in [6, 6.07) is 8.11. The molecular weight excluding hydrogens is 264 g/mol. The van der Waals surface area contributed by atoms with Crippen molar-refractivity contribution in [3.63, 3.8) is 0 Å². The standard InChI is InChI=1S/C17H24N2O2/c1-5-19(17(2,3)4)16(21)15(20)18-11-10-13-8-6-7-9-14(13)12-18/h6-9H,5,10-12H2,1-4H3. The van der Waals surface area contributed by atoms with Crippen LogP contribution in [0, 0.1) is 0 Å². The lowest BCUT2D eigenvalue weighted by atomic mass is 9.99. The third-order valence-electron chi connectivity index (χ3n) is 3.97. The van der Waals surface area contributed by atoms with Gasteiger partial charge in [0.25, 0.3) is 0 Å². The molecule has 0 fully saturated rings. The van der Waals surface area contributed by atoms with Crippen molar-refractivity contribution < 1.29 is 9.59 Å². The predicted octanol–water partition coefficient (Wildman–Crippen LogP) is 2.22. The number of benzene rings is 1. The fraction of sp³-hybridized carbons (Fsp3) is 0.529. The van der Waals surface area contributed by atoms with Crippen molar-refractivity contribution in [2.45, 2.75) is 46.2 Å². The van der Waals surface area contributed by atoms with E-state index in [4.69, 9.17) is 0 Å². The van der Waals surface area contributed by atoms with Gasteiger partial charge in [-0.05, 0) is 45.2 Å². The zero-order chi connectivity index (χ0) is 15.6. The van der Waals surface area contributed by atoms with Gasteiger partial charge in [0.1, 0.15) is 0 Å². The van der Waals surface area contributed by atoms with E-state index < -0.39 is 5.91 Å². The number of fused-ring (bicyclic) bond motifs is 1. The van der Waals surface area contributed by atoms with Gasteiger partial charge in [-0.25, -0.2) is 0 Å². The summed E-state index contributed by atoms with van der Waals surface area (Å²) in [6.45, 7) is 9.44. The van der Waals surface area contributed by atoms with Gasteiger partial charge < -0.3 is 9.80 Å². The maximum Gasteiger partial charge on any atom is 0.312 e. The molecule has 1 aliphatic rings. The Kier molecular flexibility index (Phi) is 4.35. The third kappa shape index (κ3) is 3.26. The molecule has 4 heteroatoms. The first kappa shape index (κ1) is 15.5. The molecule has 1 aromatic rings. The topological polar surface area (TPSA) is 40.6 Å². The van der Waals surface area contributed by atoms with Crippen LogP contribution in [-0.4, -0.2) is 40.2 Å². The normalized spacial score (nSPS) is 14.6. The Balaban J connectivity index is 2.13. The second-order valence-electron chi connectivity index (χ2n) is 6.47. The minimum Gasteiger partial charge on any atom is -0.330 e. The molecular formula is C17H24N2O2. The summed E-state index contributed by atoms with van der Waals surface area (Å²) < 4.78 is 0. The van der Waals surface area contributed by atoms with Crippen molar-refractivity contribution in [1.29, 1.82) is 0 Å². The fourth-order valence-electron chi connectivity index (χ4n) is 2.84. The molecule has 1 aliphatic heterocycles. The molecule has 0 spiro atoms. The van der Waals surface area contributed by atoms with Crippen LogP contribution >= 0.6 is 0 Å². The SMILES string of the molecule is CCN(C(=O)C(=O)N1CCc2ccccc2C1)C(C)(C)C. The Bertz CT molecular complexity index is 546. The fourth-order valence-corrected chi connectivity index (χ4v) is 2.84. The highest BCUT2D eigenvalue weighted by Gasteiger charge is 2.33. The number of nitrogens with zero attached hydrogens (tertiary/aromatic N) is 2. The maximum atomic E-state index is 12.5. The van der Waals surface area contributed by atoms with Crippen LogP contribution in [0.4, 0.5) is 0 Å². The van der Waals surface area contributed by atoms with Crippen molar-refractivity contribution in [3.8, 4) is 0 Å². The van der Waals surface area contributed by atoms with E-state index in [0.29, 0.717) is 19.6 Å². The quantitative estimate of drug-likeness (QED) is 0.743. The number of carbonyl (C=O) groups excluding carboxylic acids is 2. The van der Waals surface area contributed by atoms with Gasteiger partial charge in [-0.2, -0.15) is 0 Å². The monoisotopic (exact) mass is 288 g/mol. The third-order valence-corrected chi connectivity index (χ3v) is 3.97. The van der Waals surface area contributed by atoms with Crippen molar-refractivity contribution >= 4 is 11.8 Å². The summed E-state index contributed by atoms with van der Waals surface area (Å²) >= 11 is 0.